The second-order valence-corrected chi connectivity index (χ2v) is 5.56. The van der Waals surface area contributed by atoms with Crippen molar-refractivity contribution in [1.82, 2.24) is 14.8 Å². The van der Waals surface area contributed by atoms with Gasteiger partial charge in [0, 0.05) is 24.2 Å². The lowest BCUT2D eigenvalue weighted by Crippen LogP contribution is -2.08. The molecule has 5 heteroatoms. The fourth-order valence-electron chi connectivity index (χ4n) is 2.97. The summed E-state index contributed by atoms with van der Waals surface area (Å²) in [5.74, 6) is -0.936. The van der Waals surface area contributed by atoms with Crippen molar-refractivity contribution in [2.75, 3.05) is 0 Å². The van der Waals surface area contributed by atoms with Gasteiger partial charge in [-0.15, -0.1) is 0 Å². The van der Waals surface area contributed by atoms with Crippen molar-refractivity contribution >= 4 is 5.97 Å². The largest absolute Gasteiger partial charge is 0.478 e. The molecule has 0 spiro atoms. The second-order valence-electron chi connectivity index (χ2n) is 5.56. The van der Waals surface area contributed by atoms with E-state index in [-0.39, 0.29) is 5.56 Å². The number of pyridine rings is 1. The standard InChI is InChI=1S/C16H19N3O2/c20-16(21)14-11-19(13-7-3-1-2-4-8-13)18-15(14)12-6-5-9-17-10-12/h5-6,9-11,13H,1-4,7-8H2,(H,20,21). The molecule has 0 aromatic carbocycles. The van der Waals surface area contributed by atoms with Crippen LogP contribution in [0.1, 0.15) is 54.9 Å². The quantitative estimate of drug-likeness (QED) is 0.876. The van der Waals surface area contributed by atoms with E-state index in [1.807, 2.05) is 10.7 Å². The maximum absolute atomic E-state index is 11.5. The van der Waals surface area contributed by atoms with Crippen LogP contribution in [0.15, 0.2) is 30.7 Å². The monoisotopic (exact) mass is 285 g/mol. The summed E-state index contributed by atoms with van der Waals surface area (Å²) in [6, 6.07) is 3.96. The lowest BCUT2D eigenvalue weighted by atomic mass is 10.1. The first kappa shape index (κ1) is 13.8. The van der Waals surface area contributed by atoms with E-state index >= 15 is 0 Å². The van der Waals surface area contributed by atoms with Crippen molar-refractivity contribution < 1.29 is 9.90 Å². The van der Waals surface area contributed by atoms with Crippen LogP contribution in [0.5, 0.6) is 0 Å². The minimum atomic E-state index is -0.936. The van der Waals surface area contributed by atoms with Gasteiger partial charge >= 0.3 is 5.97 Å². The first-order chi connectivity index (χ1) is 10.3. The molecular formula is C16H19N3O2. The number of hydrogen-bond donors (Lipinski definition) is 1. The average Bonchev–Trinajstić information content (AvgIpc) is 2.77. The van der Waals surface area contributed by atoms with Gasteiger partial charge in [-0.25, -0.2) is 4.79 Å². The number of rotatable bonds is 3. The molecule has 0 bridgehead atoms. The Labute approximate surface area is 123 Å². The summed E-state index contributed by atoms with van der Waals surface area (Å²) in [4.78, 5) is 15.5. The first-order valence-electron chi connectivity index (χ1n) is 7.48. The van der Waals surface area contributed by atoms with Crippen LogP contribution in [0.4, 0.5) is 0 Å². The molecule has 2 aromatic rings. The number of carboxylic acids is 1. The Kier molecular flexibility index (Phi) is 3.99. The van der Waals surface area contributed by atoms with Crippen molar-refractivity contribution in [3.05, 3.63) is 36.3 Å². The Morgan fingerprint density at radius 1 is 1.24 bits per heavy atom. The smallest absolute Gasteiger partial charge is 0.339 e. The third-order valence-electron chi connectivity index (χ3n) is 4.10. The highest BCUT2D eigenvalue weighted by molar-refractivity contribution is 5.94. The maximum Gasteiger partial charge on any atom is 0.339 e. The fourth-order valence-corrected chi connectivity index (χ4v) is 2.97. The fraction of sp³-hybridized carbons (Fsp3) is 0.438. The molecular weight excluding hydrogens is 266 g/mol. The SMILES string of the molecule is O=C(O)c1cn(C2CCCCCC2)nc1-c1cccnc1. The van der Waals surface area contributed by atoms with Crippen molar-refractivity contribution in [1.29, 1.82) is 0 Å². The van der Waals surface area contributed by atoms with Crippen molar-refractivity contribution in [2.24, 2.45) is 0 Å². The van der Waals surface area contributed by atoms with Crippen molar-refractivity contribution in [2.45, 2.75) is 44.6 Å². The topological polar surface area (TPSA) is 68.0 Å². The van der Waals surface area contributed by atoms with Gasteiger partial charge in [-0.05, 0) is 25.0 Å². The van der Waals surface area contributed by atoms with Crippen LogP contribution >= 0.6 is 0 Å². The molecule has 0 atom stereocenters. The molecule has 0 radical (unpaired) electrons. The highest BCUT2D eigenvalue weighted by atomic mass is 16.4. The van der Waals surface area contributed by atoms with Crippen LogP contribution in [0.25, 0.3) is 11.3 Å². The van der Waals surface area contributed by atoms with Gasteiger partial charge < -0.3 is 5.11 Å². The van der Waals surface area contributed by atoms with E-state index in [0.717, 1.165) is 18.4 Å². The molecule has 0 unspecified atom stereocenters. The number of aromatic carboxylic acids is 1. The summed E-state index contributed by atoms with van der Waals surface area (Å²) in [7, 11) is 0. The Bertz CT molecular complexity index is 614. The molecule has 1 N–H and O–H groups in total. The zero-order valence-electron chi connectivity index (χ0n) is 11.9. The molecule has 110 valence electrons. The highest BCUT2D eigenvalue weighted by Crippen LogP contribution is 2.29. The molecule has 1 aliphatic rings. The molecule has 1 saturated carbocycles. The van der Waals surface area contributed by atoms with Crippen LogP contribution in [0, 0.1) is 0 Å². The van der Waals surface area contributed by atoms with Crippen LogP contribution < -0.4 is 0 Å². The molecule has 0 aliphatic heterocycles. The van der Waals surface area contributed by atoms with E-state index < -0.39 is 5.97 Å². The minimum Gasteiger partial charge on any atom is -0.478 e. The lowest BCUT2D eigenvalue weighted by molar-refractivity contribution is 0.0697. The van der Waals surface area contributed by atoms with E-state index in [4.69, 9.17) is 0 Å². The summed E-state index contributed by atoms with van der Waals surface area (Å²) in [5, 5.41) is 14.0. The minimum absolute atomic E-state index is 0.257. The zero-order chi connectivity index (χ0) is 14.7. The molecule has 1 fully saturated rings. The predicted molar refractivity (Wildman–Crippen MR) is 79.2 cm³/mol. The summed E-state index contributed by atoms with van der Waals surface area (Å²) in [5.41, 5.74) is 1.52. The van der Waals surface area contributed by atoms with Gasteiger partial charge in [0.1, 0.15) is 11.3 Å². The molecule has 3 rings (SSSR count). The molecule has 1 aliphatic carbocycles. The summed E-state index contributed by atoms with van der Waals surface area (Å²) in [6.07, 6.45) is 12.1. The van der Waals surface area contributed by atoms with Crippen molar-refractivity contribution in [3.63, 3.8) is 0 Å². The number of carboxylic acid groups (broad SMARTS) is 1. The molecule has 0 amide bonds. The van der Waals surface area contributed by atoms with Gasteiger partial charge in [0.2, 0.25) is 0 Å². The van der Waals surface area contributed by atoms with Gasteiger partial charge in [-0.1, -0.05) is 25.7 Å². The molecule has 5 nitrogen and oxygen atoms in total. The Morgan fingerprint density at radius 3 is 2.62 bits per heavy atom. The van der Waals surface area contributed by atoms with Gasteiger partial charge in [0.05, 0.1) is 6.04 Å². The van der Waals surface area contributed by atoms with Crippen LogP contribution in [0.2, 0.25) is 0 Å². The normalized spacial score (nSPS) is 16.6. The van der Waals surface area contributed by atoms with Crippen LogP contribution in [0.3, 0.4) is 0 Å². The van der Waals surface area contributed by atoms with Gasteiger partial charge in [0.25, 0.3) is 0 Å². The van der Waals surface area contributed by atoms with Crippen LogP contribution in [-0.4, -0.2) is 25.8 Å². The van der Waals surface area contributed by atoms with Gasteiger partial charge in [-0.3, -0.25) is 9.67 Å². The Balaban J connectivity index is 1.98. The molecule has 2 heterocycles. The zero-order valence-corrected chi connectivity index (χ0v) is 11.9. The van der Waals surface area contributed by atoms with E-state index in [1.54, 1.807) is 24.7 Å². The maximum atomic E-state index is 11.5. The second kappa shape index (κ2) is 6.08. The average molecular weight is 285 g/mol. The molecule has 0 saturated heterocycles. The number of carbonyl (C=O) groups is 1. The van der Waals surface area contributed by atoms with E-state index in [1.165, 1.54) is 25.7 Å². The van der Waals surface area contributed by atoms with E-state index in [0.29, 0.717) is 11.7 Å². The van der Waals surface area contributed by atoms with E-state index in [2.05, 4.69) is 10.1 Å². The first-order valence-corrected chi connectivity index (χ1v) is 7.48. The third kappa shape index (κ3) is 2.96. The van der Waals surface area contributed by atoms with Crippen LogP contribution in [-0.2, 0) is 0 Å². The lowest BCUT2D eigenvalue weighted by Gasteiger charge is -2.14. The van der Waals surface area contributed by atoms with E-state index in [9.17, 15) is 9.90 Å². The van der Waals surface area contributed by atoms with Gasteiger partial charge in [0.15, 0.2) is 0 Å². The Morgan fingerprint density at radius 2 is 2.00 bits per heavy atom. The predicted octanol–water partition coefficient (Wildman–Crippen LogP) is 3.54. The number of hydrogen-bond acceptors (Lipinski definition) is 3. The highest BCUT2D eigenvalue weighted by Gasteiger charge is 2.21. The summed E-state index contributed by atoms with van der Waals surface area (Å²) >= 11 is 0. The van der Waals surface area contributed by atoms with Crippen molar-refractivity contribution in [3.8, 4) is 11.3 Å². The summed E-state index contributed by atoms with van der Waals surface area (Å²) in [6.45, 7) is 0. The third-order valence-corrected chi connectivity index (χ3v) is 4.10. The molecule has 21 heavy (non-hydrogen) atoms. The number of aromatic nitrogens is 3. The Hall–Kier alpha value is -2.17. The molecule has 2 aromatic heterocycles. The van der Waals surface area contributed by atoms with Gasteiger partial charge in [-0.2, -0.15) is 5.10 Å². The number of nitrogens with zero attached hydrogens (tertiary/aromatic N) is 3. The summed E-state index contributed by atoms with van der Waals surface area (Å²) < 4.78 is 1.86.